The fourth-order valence-corrected chi connectivity index (χ4v) is 2.41. The fraction of sp³-hybridized carbons (Fsp3) is 0.800. The molecule has 0 aromatic rings. The summed E-state index contributed by atoms with van der Waals surface area (Å²) >= 11 is 0. The molecular weight excluding hydrogens is 166 g/mol. The zero-order chi connectivity index (χ0) is 9.53. The second-order valence-electron chi connectivity index (χ2n) is 4.40. The molecule has 2 rings (SSSR count). The van der Waals surface area contributed by atoms with Crippen molar-refractivity contribution in [3.8, 4) is 0 Å². The maximum atomic E-state index is 10.0. The smallest absolute Gasteiger partial charge is 0.140 e. The topological polar surface area (TPSA) is 29.5 Å². The summed E-state index contributed by atoms with van der Waals surface area (Å²) in [6.45, 7) is 10.5. The molecule has 13 heavy (non-hydrogen) atoms. The van der Waals surface area contributed by atoms with Crippen LogP contribution in [0.25, 0.3) is 0 Å². The van der Waals surface area contributed by atoms with E-state index < -0.39 is 5.60 Å². The highest BCUT2D eigenvalue weighted by Gasteiger charge is 2.49. The first-order valence-corrected chi connectivity index (χ1v) is 4.93. The van der Waals surface area contributed by atoms with Crippen molar-refractivity contribution in [1.29, 1.82) is 0 Å². The van der Waals surface area contributed by atoms with Gasteiger partial charge in [-0.1, -0.05) is 0 Å². The van der Waals surface area contributed by atoms with Crippen molar-refractivity contribution in [2.24, 2.45) is 0 Å². The number of ether oxygens (including phenoxy) is 1. The van der Waals surface area contributed by atoms with Gasteiger partial charge in [-0.2, -0.15) is 0 Å². The van der Waals surface area contributed by atoms with Gasteiger partial charge in [0.15, 0.2) is 0 Å². The van der Waals surface area contributed by atoms with Crippen LogP contribution in [0.3, 0.4) is 0 Å². The van der Waals surface area contributed by atoms with E-state index >= 15 is 0 Å². The predicted molar refractivity (Wildman–Crippen MR) is 50.1 cm³/mol. The van der Waals surface area contributed by atoms with Crippen molar-refractivity contribution < 1.29 is 14.3 Å². The Kier molecular flexibility index (Phi) is 1.98. The Balaban J connectivity index is 2.20. The van der Waals surface area contributed by atoms with Crippen molar-refractivity contribution in [2.45, 2.75) is 18.9 Å². The molecule has 0 radical (unpaired) electrons. The lowest BCUT2D eigenvalue weighted by Crippen LogP contribution is -2.52. The molecule has 0 amide bonds. The number of aliphatic hydroxyl groups is 1. The van der Waals surface area contributed by atoms with Gasteiger partial charge in [-0.05, 0) is 13.5 Å². The van der Waals surface area contributed by atoms with Crippen LogP contribution in [-0.2, 0) is 4.74 Å². The van der Waals surface area contributed by atoms with Crippen LogP contribution >= 0.6 is 0 Å². The van der Waals surface area contributed by atoms with Gasteiger partial charge in [0.05, 0.1) is 19.8 Å². The first-order valence-electron chi connectivity index (χ1n) is 4.93. The third-order valence-corrected chi connectivity index (χ3v) is 3.55. The van der Waals surface area contributed by atoms with Gasteiger partial charge in [0.25, 0.3) is 0 Å². The number of quaternary nitrogens is 1. The van der Waals surface area contributed by atoms with Crippen LogP contribution in [0.2, 0.25) is 0 Å². The summed E-state index contributed by atoms with van der Waals surface area (Å²) in [5.74, 6) is 0. The van der Waals surface area contributed by atoms with Gasteiger partial charge < -0.3 is 9.84 Å². The molecule has 74 valence electrons. The molecule has 2 aliphatic heterocycles. The quantitative estimate of drug-likeness (QED) is 0.556. The molecule has 2 aliphatic rings. The summed E-state index contributed by atoms with van der Waals surface area (Å²) in [5, 5.41) is 10.0. The number of nitrogens with zero attached hydrogens (tertiary/aromatic N) is 1. The molecule has 2 heterocycles. The van der Waals surface area contributed by atoms with Crippen LogP contribution in [0.15, 0.2) is 12.3 Å². The molecule has 2 fully saturated rings. The van der Waals surface area contributed by atoms with E-state index in [1.165, 1.54) is 0 Å². The number of rotatable bonds is 0. The molecule has 1 unspecified atom stereocenters. The Bertz CT molecular complexity index is 229. The number of morpholine rings is 1. The molecule has 0 aromatic heterocycles. The molecule has 0 bridgehead atoms. The van der Waals surface area contributed by atoms with Gasteiger partial charge in [0.1, 0.15) is 24.4 Å². The van der Waals surface area contributed by atoms with Gasteiger partial charge in [-0.25, -0.2) is 0 Å². The van der Waals surface area contributed by atoms with Crippen molar-refractivity contribution >= 4 is 0 Å². The second-order valence-corrected chi connectivity index (χ2v) is 4.40. The van der Waals surface area contributed by atoms with Crippen molar-refractivity contribution in [1.82, 2.24) is 0 Å². The van der Waals surface area contributed by atoms with Gasteiger partial charge in [-0.3, -0.25) is 4.48 Å². The van der Waals surface area contributed by atoms with E-state index in [9.17, 15) is 5.11 Å². The molecule has 0 saturated carbocycles. The van der Waals surface area contributed by atoms with Crippen molar-refractivity contribution in [2.75, 3.05) is 32.8 Å². The van der Waals surface area contributed by atoms with Gasteiger partial charge in [0, 0.05) is 6.42 Å². The molecule has 1 spiro atoms. The lowest BCUT2D eigenvalue weighted by atomic mass is 10.0. The standard InChI is InChI=1S/C10H18NO2/c1-9-10(2,12)3-4-11(9)5-7-13-8-6-11/h12H,1,3-8H2,2H3/q+1. The van der Waals surface area contributed by atoms with Crippen LogP contribution in [0, 0.1) is 0 Å². The van der Waals surface area contributed by atoms with E-state index in [0.29, 0.717) is 0 Å². The highest BCUT2D eigenvalue weighted by molar-refractivity contribution is 5.07. The number of hydrogen-bond donors (Lipinski definition) is 1. The first kappa shape index (κ1) is 9.19. The third-order valence-electron chi connectivity index (χ3n) is 3.55. The Morgan fingerprint density at radius 1 is 1.38 bits per heavy atom. The minimum absolute atomic E-state index is 0.655. The zero-order valence-corrected chi connectivity index (χ0v) is 8.25. The van der Waals surface area contributed by atoms with Crippen molar-refractivity contribution in [3.63, 3.8) is 0 Å². The fourth-order valence-electron chi connectivity index (χ4n) is 2.41. The average Bonchev–Trinajstić information content (AvgIpc) is 2.33. The number of hydrogen-bond acceptors (Lipinski definition) is 2. The molecule has 0 aromatic carbocycles. The third kappa shape index (κ3) is 1.31. The highest BCUT2D eigenvalue weighted by atomic mass is 16.5. The Morgan fingerprint density at radius 3 is 2.46 bits per heavy atom. The highest BCUT2D eigenvalue weighted by Crippen LogP contribution is 2.37. The van der Waals surface area contributed by atoms with E-state index in [1.807, 2.05) is 6.92 Å². The average molecular weight is 184 g/mol. The minimum atomic E-state index is -0.655. The minimum Gasteiger partial charge on any atom is -0.380 e. The molecule has 0 aliphatic carbocycles. The molecular formula is C10H18NO2+. The maximum absolute atomic E-state index is 10.0. The SMILES string of the molecule is C=C1C(C)(O)CC[N+]12CCOCC2. The lowest BCUT2D eigenvalue weighted by molar-refractivity contribution is -0.892. The lowest BCUT2D eigenvalue weighted by Gasteiger charge is -2.38. The largest absolute Gasteiger partial charge is 0.380 e. The molecule has 1 N–H and O–H groups in total. The van der Waals surface area contributed by atoms with E-state index in [1.54, 1.807) is 0 Å². The maximum Gasteiger partial charge on any atom is 0.140 e. The van der Waals surface area contributed by atoms with Crippen molar-refractivity contribution in [3.05, 3.63) is 12.3 Å². The normalized spacial score (nSPS) is 38.5. The van der Waals surface area contributed by atoms with Crippen LogP contribution in [-0.4, -0.2) is 48.0 Å². The van der Waals surface area contributed by atoms with Gasteiger partial charge >= 0.3 is 0 Å². The molecule has 3 heteroatoms. The summed E-state index contributed by atoms with van der Waals surface area (Å²) in [6.07, 6.45) is 0.839. The second kappa shape index (κ2) is 2.80. The van der Waals surface area contributed by atoms with Crippen LogP contribution < -0.4 is 0 Å². The Morgan fingerprint density at radius 2 is 2.00 bits per heavy atom. The summed E-state index contributed by atoms with van der Waals surface area (Å²) in [5.41, 5.74) is 0.327. The monoisotopic (exact) mass is 184 g/mol. The Labute approximate surface area is 79.2 Å². The predicted octanol–water partition coefficient (Wildman–Crippen LogP) is 0.502. The van der Waals surface area contributed by atoms with E-state index in [2.05, 4.69) is 6.58 Å². The van der Waals surface area contributed by atoms with Crippen LogP contribution in [0.5, 0.6) is 0 Å². The first-order chi connectivity index (χ1) is 6.07. The summed E-state index contributed by atoms with van der Waals surface area (Å²) in [7, 11) is 0. The summed E-state index contributed by atoms with van der Waals surface area (Å²) in [6, 6.07) is 0. The molecule has 3 nitrogen and oxygen atoms in total. The van der Waals surface area contributed by atoms with E-state index in [-0.39, 0.29) is 0 Å². The Hall–Kier alpha value is -0.380. The van der Waals surface area contributed by atoms with E-state index in [4.69, 9.17) is 4.74 Å². The van der Waals surface area contributed by atoms with Gasteiger partial charge in [-0.15, -0.1) is 0 Å². The summed E-state index contributed by atoms with van der Waals surface area (Å²) < 4.78 is 6.22. The van der Waals surface area contributed by atoms with E-state index in [0.717, 1.165) is 49.4 Å². The molecule has 1 atom stereocenters. The van der Waals surface area contributed by atoms with Gasteiger partial charge in [0.2, 0.25) is 0 Å². The van der Waals surface area contributed by atoms with Crippen LogP contribution in [0.4, 0.5) is 0 Å². The molecule has 2 saturated heterocycles. The zero-order valence-electron chi connectivity index (χ0n) is 8.25. The van der Waals surface area contributed by atoms with Crippen LogP contribution in [0.1, 0.15) is 13.3 Å². The summed E-state index contributed by atoms with van der Waals surface area (Å²) in [4.78, 5) is 0.